The van der Waals surface area contributed by atoms with Crippen LogP contribution in [0.2, 0.25) is 0 Å². The number of aromatic nitrogens is 2. The van der Waals surface area contributed by atoms with Crippen molar-refractivity contribution in [3.63, 3.8) is 0 Å². The fraction of sp³-hybridized carbons (Fsp3) is 0.375. The summed E-state index contributed by atoms with van der Waals surface area (Å²) < 4.78 is 43.1. The van der Waals surface area contributed by atoms with Gasteiger partial charge in [0, 0.05) is 5.56 Å². The summed E-state index contributed by atoms with van der Waals surface area (Å²) in [4.78, 5) is 0. The Labute approximate surface area is 128 Å². The van der Waals surface area contributed by atoms with Crippen LogP contribution >= 0.6 is 0 Å². The molecule has 0 saturated carbocycles. The van der Waals surface area contributed by atoms with Crippen molar-refractivity contribution >= 4 is 0 Å². The van der Waals surface area contributed by atoms with Crippen LogP contribution in [0.5, 0.6) is 5.75 Å². The van der Waals surface area contributed by atoms with Crippen LogP contribution in [0, 0.1) is 13.8 Å². The van der Waals surface area contributed by atoms with Gasteiger partial charge in [0.05, 0.1) is 24.1 Å². The largest absolute Gasteiger partial charge is 0.496 e. The zero-order valence-electron chi connectivity index (χ0n) is 13.2. The van der Waals surface area contributed by atoms with E-state index in [1.165, 1.54) is 13.2 Å². The van der Waals surface area contributed by atoms with Crippen LogP contribution < -0.4 is 4.74 Å². The number of nitrogens with zero attached hydrogens (tertiary/aromatic N) is 2. The SMILES string of the molecule is CC.COc1cc(C(F)(F)F)ccc1-c1nnc(C)cc1C. The predicted molar refractivity (Wildman–Crippen MR) is 79.8 cm³/mol. The second-order valence-corrected chi connectivity index (χ2v) is 4.43. The third-order valence-electron chi connectivity index (χ3n) is 2.89. The van der Waals surface area contributed by atoms with Crippen LogP contribution in [-0.4, -0.2) is 17.3 Å². The van der Waals surface area contributed by atoms with Gasteiger partial charge >= 0.3 is 6.18 Å². The first-order chi connectivity index (χ1) is 10.3. The number of ether oxygens (including phenoxy) is 1. The summed E-state index contributed by atoms with van der Waals surface area (Å²) in [7, 11) is 1.33. The van der Waals surface area contributed by atoms with Crippen LogP contribution in [0.3, 0.4) is 0 Å². The van der Waals surface area contributed by atoms with Crippen molar-refractivity contribution < 1.29 is 17.9 Å². The normalized spacial score (nSPS) is 10.7. The van der Waals surface area contributed by atoms with E-state index in [2.05, 4.69) is 10.2 Å². The third kappa shape index (κ3) is 3.96. The zero-order valence-corrected chi connectivity index (χ0v) is 13.2. The van der Waals surface area contributed by atoms with E-state index in [4.69, 9.17) is 4.74 Å². The monoisotopic (exact) mass is 312 g/mol. The first-order valence-electron chi connectivity index (χ1n) is 6.89. The van der Waals surface area contributed by atoms with Crippen molar-refractivity contribution in [3.8, 4) is 17.0 Å². The molecule has 0 atom stereocenters. The van der Waals surface area contributed by atoms with Crippen LogP contribution in [0.1, 0.15) is 30.7 Å². The van der Waals surface area contributed by atoms with E-state index in [1.54, 1.807) is 6.92 Å². The first-order valence-corrected chi connectivity index (χ1v) is 6.89. The minimum Gasteiger partial charge on any atom is -0.496 e. The van der Waals surface area contributed by atoms with Gasteiger partial charge in [-0.25, -0.2) is 0 Å². The van der Waals surface area contributed by atoms with Crippen LogP contribution in [-0.2, 0) is 6.18 Å². The molecule has 0 aliphatic carbocycles. The lowest BCUT2D eigenvalue weighted by atomic mass is 10.0. The van der Waals surface area contributed by atoms with Crippen molar-refractivity contribution in [1.29, 1.82) is 0 Å². The Balaban J connectivity index is 0.00000116. The van der Waals surface area contributed by atoms with Crippen LogP contribution in [0.25, 0.3) is 11.3 Å². The molecular weight excluding hydrogens is 293 g/mol. The van der Waals surface area contributed by atoms with Crippen molar-refractivity contribution in [2.24, 2.45) is 0 Å². The minimum atomic E-state index is -4.40. The Kier molecular flexibility index (Phi) is 5.91. The van der Waals surface area contributed by atoms with Gasteiger partial charge in [0.15, 0.2) is 0 Å². The molecule has 0 bridgehead atoms. The molecule has 1 heterocycles. The summed E-state index contributed by atoms with van der Waals surface area (Å²) in [6, 6.07) is 5.16. The first kappa shape index (κ1) is 17.9. The molecule has 22 heavy (non-hydrogen) atoms. The summed E-state index contributed by atoms with van der Waals surface area (Å²) in [5.41, 5.74) is 1.83. The Morgan fingerprint density at radius 1 is 1.00 bits per heavy atom. The topological polar surface area (TPSA) is 35.0 Å². The second-order valence-electron chi connectivity index (χ2n) is 4.43. The molecule has 0 amide bonds. The highest BCUT2D eigenvalue weighted by molar-refractivity contribution is 5.70. The molecule has 0 aliphatic rings. The molecule has 3 nitrogen and oxygen atoms in total. The van der Waals surface area contributed by atoms with Crippen molar-refractivity contribution in [3.05, 3.63) is 41.1 Å². The summed E-state index contributed by atoms with van der Waals surface area (Å²) in [6.07, 6.45) is -4.40. The van der Waals surface area contributed by atoms with Gasteiger partial charge in [-0.15, -0.1) is 5.10 Å². The van der Waals surface area contributed by atoms with Crippen molar-refractivity contribution in [2.45, 2.75) is 33.9 Å². The minimum absolute atomic E-state index is 0.126. The molecule has 2 rings (SSSR count). The Hall–Kier alpha value is -2.11. The molecule has 1 aromatic carbocycles. The lowest BCUT2D eigenvalue weighted by molar-refractivity contribution is -0.137. The molecule has 0 saturated heterocycles. The standard InChI is InChI=1S/C14H13F3N2O.C2H6/c1-8-6-9(2)18-19-13(8)11-5-4-10(14(15,16)17)7-12(11)20-3;1-2/h4-7H,1-3H3;1-2H3. The summed E-state index contributed by atoms with van der Waals surface area (Å²) in [5.74, 6) is 0.126. The van der Waals surface area contributed by atoms with Gasteiger partial charge in [0.1, 0.15) is 5.75 Å². The summed E-state index contributed by atoms with van der Waals surface area (Å²) in [6.45, 7) is 7.63. The number of alkyl halides is 3. The van der Waals surface area contributed by atoms with Gasteiger partial charge in [-0.1, -0.05) is 13.8 Å². The molecule has 1 aromatic heterocycles. The number of hydrogen-bond acceptors (Lipinski definition) is 3. The average molecular weight is 312 g/mol. The fourth-order valence-electron chi connectivity index (χ4n) is 1.95. The van der Waals surface area contributed by atoms with E-state index >= 15 is 0 Å². The number of halogens is 3. The quantitative estimate of drug-likeness (QED) is 0.798. The lowest BCUT2D eigenvalue weighted by Gasteiger charge is -2.13. The molecule has 0 spiro atoms. The maximum atomic E-state index is 12.7. The van der Waals surface area contributed by atoms with Crippen molar-refractivity contribution in [1.82, 2.24) is 10.2 Å². The van der Waals surface area contributed by atoms with E-state index < -0.39 is 11.7 Å². The van der Waals surface area contributed by atoms with E-state index in [1.807, 2.05) is 26.8 Å². The van der Waals surface area contributed by atoms with Crippen molar-refractivity contribution in [2.75, 3.05) is 7.11 Å². The van der Waals surface area contributed by atoms with Gasteiger partial charge in [0.25, 0.3) is 0 Å². The van der Waals surface area contributed by atoms with Gasteiger partial charge in [0.2, 0.25) is 0 Å². The highest BCUT2D eigenvalue weighted by Gasteiger charge is 2.31. The van der Waals surface area contributed by atoms with Gasteiger partial charge in [-0.3, -0.25) is 0 Å². The molecule has 6 heteroatoms. The maximum Gasteiger partial charge on any atom is 0.416 e. The average Bonchev–Trinajstić information content (AvgIpc) is 2.48. The zero-order chi connectivity index (χ0) is 16.9. The van der Waals surface area contributed by atoms with E-state index in [9.17, 15) is 13.2 Å². The molecule has 0 aliphatic heterocycles. The van der Waals surface area contributed by atoms with Crippen LogP contribution in [0.15, 0.2) is 24.3 Å². The van der Waals surface area contributed by atoms with Crippen LogP contribution in [0.4, 0.5) is 13.2 Å². The molecule has 0 fully saturated rings. The number of hydrogen-bond donors (Lipinski definition) is 0. The second kappa shape index (κ2) is 7.24. The Morgan fingerprint density at radius 2 is 1.64 bits per heavy atom. The fourth-order valence-corrected chi connectivity index (χ4v) is 1.95. The lowest BCUT2D eigenvalue weighted by Crippen LogP contribution is -2.06. The third-order valence-corrected chi connectivity index (χ3v) is 2.89. The van der Waals surface area contributed by atoms with Gasteiger partial charge in [-0.2, -0.15) is 18.3 Å². The summed E-state index contributed by atoms with van der Waals surface area (Å²) in [5, 5.41) is 7.97. The Bertz CT molecular complexity index is 640. The number of rotatable bonds is 2. The van der Waals surface area contributed by atoms with E-state index in [0.29, 0.717) is 11.3 Å². The maximum absolute atomic E-state index is 12.7. The highest BCUT2D eigenvalue weighted by Crippen LogP contribution is 2.37. The number of benzene rings is 1. The molecule has 0 N–H and O–H groups in total. The molecule has 2 aromatic rings. The Morgan fingerprint density at radius 3 is 2.14 bits per heavy atom. The molecular formula is C16H19F3N2O. The smallest absolute Gasteiger partial charge is 0.416 e. The molecule has 120 valence electrons. The summed E-state index contributed by atoms with van der Waals surface area (Å²) >= 11 is 0. The van der Waals surface area contributed by atoms with Gasteiger partial charge in [-0.05, 0) is 43.7 Å². The molecule has 0 radical (unpaired) electrons. The number of aryl methyl sites for hydroxylation is 2. The number of methoxy groups -OCH3 is 1. The van der Waals surface area contributed by atoms with E-state index in [0.717, 1.165) is 23.4 Å². The van der Waals surface area contributed by atoms with E-state index in [-0.39, 0.29) is 5.75 Å². The van der Waals surface area contributed by atoms with Gasteiger partial charge < -0.3 is 4.74 Å². The molecule has 0 unspecified atom stereocenters. The highest BCUT2D eigenvalue weighted by atomic mass is 19.4. The predicted octanol–water partition coefficient (Wildman–Crippen LogP) is 4.81.